The molecule has 5 heteroatoms. The van der Waals surface area contributed by atoms with Crippen molar-refractivity contribution in [3.05, 3.63) is 101 Å². The fourth-order valence-corrected chi connectivity index (χ4v) is 5.02. The highest BCUT2D eigenvalue weighted by Gasteiger charge is 2.32. The first-order chi connectivity index (χ1) is 17.4. The van der Waals surface area contributed by atoms with E-state index in [0.29, 0.717) is 12.3 Å². The van der Waals surface area contributed by atoms with Gasteiger partial charge in [-0.1, -0.05) is 79.6 Å². The van der Waals surface area contributed by atoms with Crippen LogP contribution in [0.15, 0.2) is 72.8 Å². The third kappa shape index (κ3) is 6.34. The van der Waals surface area contributed by atoms with Gasteiger partial charge in [0, 0.05) is 12.5 Å². The van der Waals surface area contributed by atoms with Crippen LogP contribution in [0.2, 0.25) is 0 Å². The molecule has 3 aromatic rings. The molecule has 0 heterocycles. The van der Waals surface area contributed by atoms with Gasteiger partial charge in [0.2, 0.25) is 5.91 Å². The number of rotatable bonds is 7. The summed E-state index contributed by atoms with van der Waals surface area (Å²) in [4.78, 5) is 25.5. The Balaban J connectivity index is 1.34. The Hall–Kier alpha value is -3.60. The van der Waals surface area contributed by atoms with Crippen LogP contribution in [-0.4, -0.2) is 12.0 Å². The lowest BCUT2D eigenvalue weighted by Gasteiger charge is -2.32. The summed E-state index contributed by atoms with van der Waals surface area (Å²) in [6.45, 7) is 6.36. The predicted octanol–water partition coefficient (Wildman–Crippen LogP) is 6.74. The molecule has 3 aromatic carbocycles. The molecule has 0 aromatic heterocycles. The SMILES string of the molecule is Cc1cccc(OC(=O)NCc2ccc([C@H]3CCCC[C@@H]3C(=O)N[C@@H](C)c3ccccc3)cc2)c1C. The van der Waals surface area contributed by atoms with E-state index in [9.17, 15) is 9.59 Å². The number of aryl methyl sites for hydroxylation is 1. The van der Waals surface area contributed by atoms with Gasteiger partial charge in [-0.05, 0) is 73.4 Å². The first-order valence-corrected chi connectivity index (χ1v) is 12.9. The van der Waals surface area contributed by atoms with Crippen molar-refractivity contribution in [3.8, 4) is 5.75 Å². The molecule has 0 unspecified atom stereocenters. The zero-order valence-electron chi connectivity index (χ0n) is 21.4. The van der Waals surface area contributed by atoms with E-state index < -0.39 is 6.09 Å². The lowest BCUT2D eigenvalue weighted by atomic mass is 9.75. The monoisotopic (exact) mass is 484 g/mol. The second-order valence-corrected chi connectivity index (χ2v) is 9.82. The van der Waals surface area contributed by atoms with Crippen LogP contribution in [0.5, 0.6) is 5.75 Å². The lowest BCUT2D eigenvalue weighted by molar-refractivity contribution is -0.127. The third-order valence-corrected chi connectivity index (χ3v) is 7.36. The summed E-state index contributed by atoms with van der Waals surface area (Å²) in [5.41, 5.74) is 5.34. The molecule has 4 rings (SSSR count). The normalized spacial score (nSPS) is 18.2. The van der Waals surface area contributed by atoms with Crippen LogP contribution < -0.4 is 15.4 Å². The molecule has 2 N–H and O–H groups in total. The number of carbonyl (C=O) groups excluding carboxylic acids is 2. The predicted molar refractivity (Wildman–Crippen MR) is 143 cm³/mol. The van der Waals surface area contributed by atoms with Crippen LogP contribution in [0.1, 0.15) is 72.4 Å². The molecule has 0 spiro atoms. The van der Waals surface area contributed by atoms with Gasteiger partial charge in [0.15, 0.2) is 0 Å². The van der Waals surface area contributed by atoms with E-state index >= 15 is 0 Å². The molecule has 188 valence electrons. The minimum Gasteiger partial charge on any atom is -0.410 e. The Morgan fingerprint density at radius 1 is 0.917 bits per heavy atom. The average molecular weight is 485 g/mol. The molecule has 36 heavy (non-hydrogen) atoms. The van der Waals surface area contributed by atoms with Crippen molar-refractivity contribution in [3.63, 3.8) is 0 Å². The molecule has 2 amide bonds. The van der Waals surface area contributed by atoms with Gasteiger partial charge in [-0.15, -0.1) is 0 Å². The standard InChI is InChI=1S/C31H36N2O3/c1-21-10-9-15-29(22(21)2)36-31(35)32-20-24-16-18-26(19-17-24)27-13-7-8-14-28(27)30(34)33-23(3)25-11-5-4-6-12-25/h4-6,9-12,15-19,23,27-28H,7-8,13-14,20H2,1-3H3,(H,32,35)(H,33,34)/t23-,27+,28-/m0/s1. The van der Waals surface area contributed by atoms with E-state index in [-0.39, 0.29) is 23.8 Å². The van der Waals surface area contributed by atoms with E-state index in [1.165, 1.54) is 5.56 Å². The summed E-state index contributed by atoms with van der Waals surface area (Å²) in [6, 6.07) is 24.0. The van der Waals surface area contributed by atoms with Crippen molar-refractivity contribution in [1.29, 1.82) is 0 Å². The molecule has 0 saturated heterocycles. The zero-order chi connectivity index (χ0) is 25.5. The van der Waals surface area contributed by atoms with E-state index in [2.05, 4.69) is 22.8 Å². The van der Waals surface area contributed by atoms with Crippen LogP contribution in [0.25, 0.3) is 0 Å². The van der Waals surface area contributed by atoms with Gasteiger partial charge in [-0.2, -0.15) is 0 Å². The molecule has 5 nitrogen and oxygen atoms in total. The van der Waals surface area contributed by atoms with Crippen LogP contribution in [0, 0.1) is 19.8 Å². The highest BCUT2D eigenvalue weighted by atomic mass is 16.6. The Labute approximate surface area is 214 Å². The van der Waals surface area contributed by atoms with E-state index in [1.54, 1.807) is 6.07 Å². The molecule has 3 atom stereocenters. The minimum atomic E-state index is -0.468. The highest BCUT2D eigenvalue weighted by molar-refractivity contribution is 5.80. The number of ether oxygens (including phenoxy) is 1. The molecule has 1 aliphatic carbocycles. The van der Waals surface area contributed by atoms with Gasteiger partial charge in [-0.3, -0.25) is 4.79 Å². The van der Waals surface area contributed by atoms with Crippen LogP contribution in [-0.2, 0) is 11.3 Å². The van der Waals surface area contributed by atoms with Gasteiger partial charge in [0.05, 0.1) is 6.04 Å². The zero-order valence-corrected chi connectivity index (χ0v) is 21.4. The number of benzene rings is 3. The van der Waals surface area contributed by atoms with Crippen molar-refractivity contribution < 1.29 is 14.3 Å². The van der Waals surface area contributed by atoms with Crippen LogP contribution >= 0.6 is 0 Å². The van der Waals surface area contributed by atoms with Gasteiger partial charge in [0.25, 0.3) is 0 Å². The fraction of sp³-hybridized carbons (Fsp3) is 0.355. The summed E-state index contributed by atoms with van der Waals surface area (Å²) in [5.74, 6) is 0.890. The van der Waals surface area contributed by atoms with Crippen molar-refractivity contribution in [2.24, 2.45) is 5.92 Å². The van der Waals surface area contributed by atoms with Crippen molar-refractivity contribution >= 4 is 12.0 Å². The smallest absolute Gasteiger partial charge is 0.410 e. The van der Waals surface area contributed by atoms with E-state index in [1.807, 2.05) is 75.4 Å². The summed E-state index contributed by atoms with van der Waals surface area (Å²) in [5, 5.41) is 6.07. The van der Waals surface area contributed by atoms with Crippen molar-refractivity contribution in [2.75, 3.05) is 0 Å². The molecule has 0 radical (unpaired) electrons. The first kappa shape index (κ1) is 25.5. The van der Waals surface area contributed by atoms with Crippen molar-refractivity contribution in [2.45, 2.75) is 65.0 Å². The minimum absolute atomic E-state index is 0.0157. The molecule has 1 fully saturated rings. The number of nitrogens with one attached hydrogen (secondary N) is 2. The van der Waals surface area contributed by atoms with Gasteiger partial charge in [0.1, 0.15) is 5.75 Å². The van der Waals surface area contributed by atoms with Crippen LogP contribution in [0.4, 0.5) is 4.79 Å². The second-order valence-electron chi connectivity index (χ2n) is 9.82. The summed E-state index contributed by atoms with van der Waals surface area (Å²) >= 11 is 0. The summed E-state index contributed by atoms with van der Waals surface area (Å²) in [6.07, 6.45) is 3.67. The number of carbonyl (C=O) groups is 2. The molecule has 1 saturated carbocycles. The molecule has 1 aliphatic rings. The summed E-state index contributed by atoms with van der Waals surface area (Å²) < 4.78 is 5.48. The highest BCUT2D eigenvalue weighted by Crippen LogP contribution is 2.38. The lowest BCUT2D eigenvalue weighted by Crippen LogP contribution is -2.37. The summed E-state index contributed by atoms with van der Waals surface area (Å²) in [7, 11) is 0. The Bertz CT molecular complexity index is 1170. The molecule has 0 aliphatic heterocycles. The van der Waals surface area contributed by atoms with Gasteiger partial charge < -0.3 is 15.4 Å². The van der Waals surface area contributed by atoms with E-state index in [0.717, 1.165) is 47.9 Å². The number of amides is 2. The maximum atomic E-state index is 13.2. The second kappa shape index (κ2) is 11.9. The Morgan fingerprint density at radius 2 is 1.64 bits per heavy atom. The van der Waals surface area contributed by atoms with E-state index in [4.69, 9.17) is 4.74 Å². The largest absolute Gasteiger partial charge is 0.412 e. The quantitative estimate of drug-likeness (QED) is 0.390. The maximum Gasteiger partial charge on any atom is 0.412 e. The number of hydrogen-bond donors (Lipinski definition) is 2. The molecular weight excluding hydrogens is 448 g/mol. The molecular formula is C31H36N2O3. The van der Waals surface area contributed by atoms with Gasteiger partial charge in [-0.25, -0.2) is 4.79 Å². The van der Waals surface area contributed by atoms with Gasteiger partial charge >= 0.3 is 6.09 Å². The Morgan fingerprint density at radius 3 is 2.39 bits per heavy atom. The first-order valence-electron chi connectivity index (χ1n) is 12.9. The Kier molecular flexibility index (Phi) is 8.42. The average Bonchev–Trinajstić information content (AvgIpc) is 2.91. The topological polar surface area (TPSA) is 67.4 Å². The fourth-order valence-electron chi connectivity index (χ4n) is 5.02. The maximum absolute atomic E-state index is 13.2. The van der Waals surface area contributed by atoms with Crippen molar-refractivity contribution in [1.82, 2.24) is 10.6 Å². The van der Waals surface area contributed by atoms with Crippen LogP contribution in [0.3, 0.4) is 0 Å². The third-order valence-electron chi connectivity index (χ3n) is 7.36. The molecule has 0 bridgehead atoms. The number of hydrogen-bond acceptors (Lipinski definition) is 3.